The molecule has 0 aliphatic carbocycles. The van der Waals surface area contributed by atoms with Gasteiger partial charge in [0.05, 0.1) is 6.10 Å². The van der Waals surface area contributed by atoms with E-state index in [-0.39, 0.29) is 12.0 Å². The normalized spacial score (nSPS) is 27.3. The third kappa shape index (κ3) is 4.07. The highest BCUT2D eigenvalue weighted by Crippen LogP contribution is 2.13. The van der Waals surface area contributed by atoms with Gasteiger partial charge in [-0.25, -0.2) is 0 Å². The second-order valence-electron chi connectivity index (χ2n) is 3.86. The lowest BCUT2D eigenvalue weighted by molar-refractivity contribution is -0.122. The molecular formula is C10H20N2O2. The predicted molar refractivity (Wildman–Crippen MR) is 54.9 cm³/mol. The van der Waals surface area contributed by atoms with Crippen molar-refractivity contribution in [3.8, 4) is 0 Å². The Bertz CT molecular complexity index is 185. The summed E-state index contributed by atoms with van der Waals surface area (Å²) in [6.45, 7) is 3.37. The molecule has 1 heterocycles. The lowest BCUT2D eigenvalue weighted by Gasteiger charge is -2.27. The van der Waals surface area contributed by atoms with Gasteiger partial charge in [-0.05, 0) is 32.7 Å². The summed E-state index contributed by atoms with van der Waals surface area (Å²) >= 11 is 0. The molecule has 82 valence electrons. The molecular weight excluding hydrogens is 180 g/mol. The van der Waals surface area contributed by atoms with E-state index in [9.17, 15) is 4.79 Å². The van der Waals surface area contributed by atoms with E-state index < -0.39 is 0 Å². The Morgan fingerprint density at radius 1 is 1.64 bits per heavy atom. The van der Waals surface area contributed by atoms with Crippen LogP contribution in [0.1, 0.15) is 32.6 Å². The van der Waals surface area contributed by atoms with Crippen LogP contribution in [0.25, 0.3) is 0 Å². The van der Waals surface area contributed by atoms with Crippen molar-refractivity contribution in [1.82, 2.24) is 5.32 Å². The molecule has 1 amide bonds. The average molecular weight is 200 g/mol. The molecule has 2 unspecified atom stereocenters. The van der Waals surface area contributed by atoms with Crippen LogP contribution >= 0.6 is 0 Å². The van der Waals surface area contributed by atoms with E-state index in [0.717, 1.165) is 25.9 Å². The van der Waals surface area contributed by atoms with E-state index in [4.69, 9.17) is 10.5 Å². The van der Waals surface area contributed by atoms with Crippen LogP contribution in [0.15, 0.2) is 0 Å². The first-order valence-electron chi connectivity index (χ1n) is 5.33. The molecule has 0 saturated carbocycles. The van der Waals surface area contributed by atoms with Gasteiger partial charge < -0.3 is 15.8 Å². The maximum Gasteiger partial charge on any atom is 0.220 e. The van der Waals surface area contributed by atoms with E-state index in [1.54, 1.807) is 0 Å². The second kappa shape index (κ2) is 5.98. The lowest BCUT2D eigenvalue weighted by Crippen LogP contribution is -2.41. The molecule has 1 fully saturated rings. The number of carbonyl (C=O) groups excluding carboxylic acids is 1. The van der Waals surface area contributed by atoms with Gasteiger partial charge in [0.2, 0.25) is 5.91 Å². The standard InChI is InChI=1S/C10H20N2O2/c1-8-7-9(4-6-14-8)12-10(13)3-2-5-11/h8-9H,2-7,11H2,1H3,(H,12,13). The molecule has 2 atom stereocenters. The van der Waals surface area contributed by atoms with Crippen LogP contribution in [-0.2, 0) is 9.53 Å². The van der Waals surface area contributed by atoms with Crippen LogP contribution in [0.2, 0.25) is 0 Å². The molecule has 14 heavy (non-hydrogen) atoms. The van der Waals surface area contributed by atoms with Crippen LogP contribution in [0.3, 0.4) is 0 Å². The van der Waals surface area contributed by atoms with Crippen molar-refractivity contribution in [3.05, 3.63) is 0 Å². The summed E-state index contributed by atoms with van der Waals surface area (Å²) in [4.78, 5) is 11.4. The largest absolute Gasteiger partial charge is 0.378 e. The molecule has 0 aromatic rings. The summed E-state index contributed by atoms with van der Waals surface area (Å²) in [5.41, 5.74) is 5.33. The molecule has 0 bridgehead atoms. The Kier molecular flexibility index (Phi) is 4.90. The SMILES string of the molecule is CC1CC(NC(=O)CCCN)CCO1. The number of nitrogens with one attached hydrogen (secondary N) is 1. The van der Waals surface area contributed by atoms with Gasteiger partial charge in [-0.3, -0.25) is 4.79 Å². The number of carbonyl (C=O) groups is 1. The number of rotatable bonds is 4. The third-order valence-electron chi connectivity index (χ3n) is 2.46. The molecule has 0 aromatic carbocycles. The van der Waals surface area contributed by atoms with Crippen molar-refractivity contribution >= 4 is 5.91 Å². The first kappa shape index (κ1) is 11.5. The summed E-state index contributed by atoms with van der Waals surface area (Å²) in [6, 6.07) is 0.295. The van der Waals surface area contributed by atoms with Gasteiger partial charge in [0.1, 0.15) is 0 Å². The van der Waals surface area contributed by atoms with E-state index in [0.29, 0.717) is 19.0 Å². The summed E-state index contributed by atoms with van der Waals surface area (Å²) in [7, 11) is 0. The lowest BCUT2D eigenvalue weighted by atomic mass is 10.0. The van der Waals surface area contributed by atoms with Crippen molar-refractivity contribution in [2.24, 2.45) is 5.73 Å². The zero-order valence-corrected chi connectivity index (χ0v) is 8.79. The summed E-state index contributed by atoms with van der Waals surface area (Å²) < 4.78 is 5.40. The van der Waals surface area contributed by atoms with Crippen LogP contribution < -0.4 is 11.1 Å². The van der Waals surface area contributed by atoms with Crippen molar-refractivity contribution < 1.29 is 9.53 Å². The number of ether oxygens (including phenoxy) is 1. The minimum Gasteiger partial charge on any atom is -0.378 e. The average Bonchev–Trinajstić information content (AvgIpc) is 2.15. The van der Waals surface area contributed by atoms with Gasteiger partial charge in [0.25, 0.3) is 0 Å². The van der Waals surface area contributed by atoms with Gasteiger partial charge in [0, 0.05) is 19.1 Å². The van der Waals surface area contributed by atoms with Crippen molar-refractivity contribution in [1.29, 1.82) is 0 Å². The summed E-state index contributed by atoms with van der Waals surface area (Å²) in [5.74, 6) is 0.120. The van der Waals surface area contributed by atoms with Crippen LogP contribution in [0.4, 0.5) is 0 Å². The van der Waals surface area contributed by atoms with Gasteiger partial charge in [-0.1, -0.05) is 0 Å². The molecule has 4 nitrogen and oxygen atoms in total. The zero-order chi connectivity index (χ0) is 10.4. The highest BCUT2D eigenvalue weighted by atomic mass is 16.5. The van der Waals surface area contributed by atoms with Crippen LogP contribution in [0, 0.1) is 0 Å². The monoisotopic (exact) mass is 200 g/mol. The fourth-order valence-electron chi connectivity index (χ4n) is 1.69. The summed E-state index contributed by atoms with van der Waals surface area (Å²) in [5, 5.41) is 3.01. The molecule has 0 spiro atoms. The van der Waals surface area contributed by atoms with Crippen molar-refractivity contribution in [2.45, 2.75) is 44.8 Å². The minimum atomic E-state index is 0.120. The molecule has 1 rings (SSSR count). The number of nitrogens with two attached hydrogens (primary N) is 1. The van der Waals surface area contributed by atoms with Crippen molar-refractivity contribution in [3.63, 3.8) is 0 Å². The number of hydrogen-bond acceptors (Lipinski definition) is 3. The maximum absolute atomic E-state index is 11.4. The quantitative estimate of drug-likeness (QED) is 0.691. The van der Waals surface area contributed by atoms with Crippen molar-refractivity contribution in [2.75, 3.05) is 13.2 Å². The van der Waals surface area contributed by atoms with Crippen LogP contribution in [-0.4, -0.2) is 31.2 Å². The molecule has 3 N–H and O–H groups in total. The Morgan fingerprint density at radius 3 is 3.07 bits per heavy atom. The number of amides is 1. The zero-order valence-electron chi connectivity index (χ0n) is 8.79. The molecule has 4 heteroatoms. The van der Waals surface area contributed by atoms with Gasteiger partial charge >= 0.3 is 0 Å². The number of hydrogen-bond donors (Lipinski definition) is 2. The molecule has 1 saturated heterocycles. The third-order valence-corrected chi connectivity index (χ3v) is 2.46. The Morgan fingerprint density at radius 2 is 2.43 bits per heavy atom. The first-order valence-corrected chi connectivity index (χ1v) is 5.33. The van der Waals surface area contributed by atoms with E-state index >= 15 is 0 Å². The maximum atomic E-state index is 11.4. The molecule has 0 aromatic heterocycles. The Labute approximate surface area is 85.2 Å². The highest BCUT2D eigenvalue weighted by Gasteiger charge is 2.20. The second-order valence-corrected chi connectivity index (χ2v) is 3.86. The van der Waals surface area contributed by atoms with E-state index in [1.807, 2.05) is 6.92 Å². The fraction of sp³-hybridized carbons (Fsp3) is 0.900. The Hall–Kier alpha value is -0.610. The van der Waals surface area contributed by atoms with E-state index in [1.165, 1.54) is 0 Å². The van der Waals surface area contributed by atoms with Gasteiger partial charge in [-0.15, -0.1) is 0 Å². The summed E-state index contributed by atoms with van der Waals surface area (Å²) in [6.07, 6.45) is 3.43. The predicted octanol–water partition coefficient (Wildman–Crippen LogP) is 0.409. The molecule has 1 aliphatic heterocycles. The first-order chi connectivity index (χ1) is 6.72. The molecule has 1 aliphatic rings. The van der Waals surface area contributed by atoms with Gasteiger partial charge in [0.15, 0.2) is 0 Å². The minimum absolute atomic E-state index is 0.120. The van der Waals surface area contributed by atoms with E-state index in [2.05, 4.69) is 5.32 Å². The smallest absolute Gasteiger partial charge is 0.220 e. The fourth-order valence-corrected chi connectivity index (χ4v) is 1.69. The Balaban J connectivity index is 2.18. The highest BCUT2D eigenvalue weighted by molar-refractivity contribution is 5.76. The molecule has 0 radical (unpaired) electrons. The van der Waals surface area contributed by atoms with Crippen LogP contribution in [0.5, 0.6) is 0 Å². The topological polar surface area (TPSA) is 64.4 Å². The van der Waals surface area contributed by atoms with Gasteiger partial charge in [-0.2, -0.15) is 0 Å².